The van der Waals surface area contributed by atoms with Gasteiger partial charge in [0.2, 0.25) is 0 Å². The SMILES string of the molecule is CC1N=c2ccccc2=C1C(Nc1nccs1)c1ccc(C(C)C)cc1. The van der Waals surface area contributed by atoms with E-state index in [9.17, 15) is 0 Å². The summed E-state index contributed by atoms with van der Waals surface area (Å²) in [6.45, 7) is 6.63. The molecule has 26 heavy (non-hydrogen) atoms. The molecule has 0 fully saturated rings. The molecule has 3 nitrogen and oxygen atoms in total. The lowest BCUT2D eigenvalue weighted by molar-refractivity contribution is 0.842. The fourth-order valence-corrected chi connectivity index (χ4v) is 4.12. The third-order valence-electron chi connectivity index (χ3n) is 4.95. The van der Waals surface area contributed by atoms with Gasteiger partial charge in [-0.25, -0.2) is 4.98 Å². The fourth-order valence-electron chi connectivity index (χ4n) is 3.56. The predicted octanol–water partition coefficient (Wildman–Crippen LogP) is 4.29. The van der Waals surface area contributed by atoms with Crippen molar-refractivity contribution in [1.29, 1.82) is 0 Å². The van der Waals surface area contributed by atoms with E-state index in [1.807, 2.05) is 11.6 Å². The molecule has 1 N–H and O–H groups in total. The van der Waals surface area contributed by atoms with Gasteiger partial charge < -0.3 is 5.32 Å². The summed E-state index contributed by atoms with van der Waals surface area (Å²) in [4.78, 5) is 9.30. The largest absolute Gasteiger partial charge is 0.351 e. The molecular weight excluding hydrogens is 338 g/mol. The monoisotopic (exact) mass is 361 g/mol. The molecule has 4 heteroatoms. The number of benzene rings is 2. The van der Waals surface area contributed by atoms with Crippen LogP contribution >= 0.6 is 11.3 Å². The van der Waals surface area contributed by atoms with E-state index in [2.05, 4.69) is 79.6 Å². The Balaban J connectivity index is 1.83. The maximum Gasteiger partial charge on any atom is 0.183 e. The van der Waals surface area contributed by atoms with Crippen LogP contribution in [0.5, 0.6) is 0 Å². The third kappa shape index (κ3) is 3.17. The Morgan fingerprint density at radius 2 is 1.73 bits per heavy atom. The third-order valence-corrected chi connectivity index (χ3v) is 5.65. The Bertz CT molecular complexity index is 1000. The zero-order valence-corrected chi connectivity index (χ0v) is 16.1. The summed E-state index contributed by atoms with van der Waals surface area (Å²) in [7, 11) is 0. The minimum absolute atomic E-state index is 0.0600. The quantitative estimate of drug-likeness (QED) is 0.736. The van der Waals surface area contributed by atoms with Crippen LogP contribution in [-0.4, -0.2) is 11.0 Å². The number of hydrogen-bond donors (Lipinski definition) is 1. The summed E-state index contributed by atoms with van der Waals surface area (Å²) in [5.74, 6) is 0.531. The number of aromatic nitrogens is 1. The summed E-state index contributed by atoms with van der Waals surface area (Å²) in [6, 6.07) is 17.6. The molecule has 0 spiro atoms. The molecule has 1 aliphatic heterocycles. The van der Waals surface area contributed by atoms with Crippen molar-refractivity contribution in [2.75, 3.05) is 5.32 Å². The van der Waals surface area contributed by atoms with E-state index in [1.165, 1.54) is 21.9 Å². The number of nitrogens with one attached hydrogen (secondary N) is 1. The Morgan fingerprint density at radius 1 is 1.00 bits per heavy atom. The van der Waals surface area contributed by atoms with Crippen LogP contribution in [0, 0.1) is 0 Å². The number of anilines is 1. The minimum Gasteiger partial charge on any atom is -0.351 e. The highest BCUT2D eigenvalue weighted by Gasteiger charge is 2.26. The van der Waals surface area contributed by atoms with Crippen LogP contribution in [0.3, 0.4) is 0 Å². The normalized spacial score (nSPS) is 17.1. The highest BCUT2D eigenvalue weighted by atomic mass is 32.1. The number of fused-ring (bicyclic) bond motifs is 1. The van der Waals surface area contributed by atoms with Crippen molar-refractivity contribution in [2.24, 2.45) is 4.99 Å². The van der Waals surface area contributed by atoms with Gasteiger partial charge in [0.25, 0.3) is 0 Å². The second-order valence-corrected chi connectivity index (χ2v) is 7.91. The van der Waals surface area contributed by atoms with Crippen LogP contribution in [0.4, 0.5) is 5.13 Å². The standard InChI is InChI=1S/C22H23N3S/c1-14(2)16-8-10-17(11-9-16)21(25-22-23-12-13-26-22)20-15(3)24-19-7-5-4-6-18(19)20/h4-15,21H,1-3H3,(H,23,25). The molecule has 1 aliphatic rings. The van der Waals surface area contributed by atoms with Gasteiger partial charge in [0.05, 0.1) is 17.4 Å². The molecule has 2 aromatic carbocycles. The van der Waals surface area contributed by atoms with Gasteiger partial charge in [-0.1, -0.05) is 56.3 Å². The first kappa shape index (κ1) is 17.0. The van der Waals surface area contributed by atoms with Crippen molar-refractivity contribution < 1.29 is 0 Å². The summed E-state index contributed by atoms with van der Waals surface area (Å²) >= 11 is 1.63. The Labute approximate surface area is 158 Å². The predicted molar refractivity (Wildman–Crippen MR) is 109 cm³/mol. The van der Waals surface area contributed by atoms with E-state index in [4.69, 9.17) is 4.99 Å². The van der Waals surface area contributed by atoms with Gasteiger partial charge >= 0.3 is 0 Å². The van der Waals surface area contributed by atoms with E-state index in [-0.39, 0.29) is 12.1 Å². The first-order valence-electron chi connectivity index (χ1n) is 9.06. The van der Waals surface area contributed by atoms with Gasteiger partial charge in [0.1, 0.15) is 0 Å². The first-order valence-corrected chi connectivity index (χ1v) is 9.94. The molecule has 3 aromatic rings. The van der Waals surface area contributed by atoms with Gasteiger partial charge in [-0.3, -0.25) is 4.99 Å². The van der Waals surface area contributed by atoms with Crippen molar-refractivity contribution in [3.63, 3.8) is 0 Å². The van der Waals surface area contributed by atoms with Gasteiger partial charge in [-0.05, 0) is 35.6 Å². The average molecular weight is 362 g/mol. The van der Waals surface area contributed by atoms with E-state index in [1.54, 1.807) is 11.3 Å². The molecule has 0 aliphatic carbocycles. The lowest BCUT2D eigenvalue weighted by atomic mass is 9.91. The van der Waals surface area contributed by atoms with Crippen LogP contribution in [0.2, 0.25) is 0 Å². The molecule has 0 bridgehead atoms. The minimum atomic E-state index is 0.0600. The molecule has 0 saturated carbocycles. The second kappa shape index (κ2) is 7.04. The molecular formula is C22H23N3S. The van der Waals surface area contributed by atoms with Crippen LogP contribution in [0.25, 0.3) is 5.57 Å². The summed E-state index contributed by atoms with van der Waals surface area (Å²) in [6.07, 6.45) is 1.84. The summed E-state index contributed by atoms with van der Waals surface area (Å²) in [5, 5.41) is 8.91. The smallest absolute Gasteiger partial charge is 0.183 e. The first-order chi connectivity index (χ1) is 12.6. The van der Waals surface area contributed by atoms with Crippen LogP contribution in [0.1, 0.15) is 43.9 Å². The fraction of sp³-hybridized carbons (Fsp3) is 0.273. The number of rotatable bonds is 5. The van der Waals surface area contributed by atoms with Crippen molar-refractivity contribution in [3.05, 3.63) is 81.8 Å². The molecule has 2 heterocycles. The molecule has 1 aromatic heterocycles. The molecule has 0 radical (unpaired) electrons. The van der Waals surface area contributed by atoms with E-state index in [0.29, 0.717) is 5.92 Å². The van der Waals surface area contributed by atoms with Crippen LogP contribution in [-0.2, 0) is 0 Å². The molecule has 2 atom stereocenters. The summed E-state index contributed by atoms with van der Waals surface area (Å²) < 4.78 is 0. The molecule has 132 valence electrons. The number of hydrogen-bond acceptors (Lipinski definition) is 4. The van der Waals surface area contributed by atoms with Crippen molar-refractivity contribution >= 4 is 22.0 Å². The number of para-hydroxylation sites is 1. The maximum atomic E-state index is 4.86. The lowest BCUT2D eigenvalue weighted by Crippen LogP contribution is -2.27. The molecule has 2 unspecified atom stereocenters. The van der Waals surface area contributed by atoms with E-state index < -0.39 is 0 Å². The van der Waals surface area contributed by atoms with Crippen LogP contribution < -0.4 is 15.9 Å². The Morgan fingerprint density at radius 3 is 2.42 bits per heavy atom. The topological polar surface area (TPSA) is 37.3 Å². The molecule has 4 rings (SSSR count). The van der Waals surface area contributed by atoms with Gasteiger partial charge in [0, 0.05) is 16.8 Å². The Hall–Kier alpha value is -2.46. The van der Waals surface area contributed by atoms with E-state index >= 15 is 0 Å². The van der Waals surface area contributed by atoms with Crippen LogP contribution in [0.15, 0.2) is 65.1 Å². The van der Waals surface area contributed by atoms with Crippen molar-refractivity contribution in [1.82, 2.24) is 4.98 Å². The zero-order valence-electron chi connectivity index (χ0n) is 15.3. The van der Waals surface area contributed by atoms with Gasteiger partial charge in [0.15, 0.2) is 5.13 Å². The van der Waals surface area contributed by atoms with Gasteiger partial charge in [-0.2, -0.15) is 0 Å². The van der Waals surface area contributed by atoms with Gasteiger partial charge in [-0.15, -0.1) is 11.3 Å². The lowest BCUT2D eigenvalue weighted by Gasteiger charge is -2.23. The average Bonchev–Trinajstić information content (AvgIpc) is 3.26. The maximum absolute atomic E-state index is 4.86. The second-order valence-electron chi connectivity index (χ2n) is 7.01. The molecule has 0 saturated heterocycles. The molecule has 0 amide bonds. The van der Waals surface area contributed by atoms with Crippen molar-refractivity contribution in [2.45, 2.75) is 38.8 Å². The highest BCUT2D eigenvalue weighted by Crippen LogP contribution is 2.32. The number of thiazole rings is 1. The van der Waals surface area contributed by atoms with E-state index in [0.717, 1.165) is 10.5 Å². The zero-order chi connectivity index (χ0) is 18.1. The number of nitrogens with zero attached hydrogens (tertiary/aromatic N) is 2. The van der Waals surface area contributed by atoms with Crippen molar-refractivity contribution in [3.8, 4) is 0 Å². The highest BCUT2D eigenvalue weighted by molar-refractivity contribution is 7.13. The summed E-state index contributed by atoms with van der Waals surface area (Å²) in [5.41, 5.74) is 3.92. The Kier molecular flexibility index (Phi) is 4.60.